The van der Waals surface area contributed by atoms with Crippen LogP contribution < -0.4 is 10.2 Å². The number of nitrogens with zero attached hydrogens (tertiary/aromatic N) is 1. The molecule has 0 saturated carbocycles. The fourth-order valence-electron chi connectivity index (χ4n) is 2.86. The van der Waals surface area contributed by atoms with Crippen LogP contribution in [-0.2, 0) is 19.5 Å². The lowest BCUT2D eigenvalue weighted by Crippen LogP contribution is -2.30. The molecule has 1 heterocycles. The van der Waals surface area contributed by atoms with Gasteiger partial charge in [-0.15, -0.1) is 0 Å². The van der Waals surface area contributed by atoms with Crippen molar-refractivity contribution >= 4 is 5.69 Å². The van der Waals surface area contributed by atoms with Crippen molar-refractivity contribution < 1.29 is 0 Å². The summed E-state index contributed by atoms with van der Waals surface area (Å²) in [6.45, 7) is 7.44. The summed E-state index contributed by atoms with van der Waals surface area (Å²) in [4.78, 5) is 2.47. The zero-order valence-electron chi connectivity index (χ0n) is 13.0. The van der Waals surface area contributed by atoms with Crippen molar-refractivity contribution in [2.24, 2.45) is 0 Å². The Balaban J connectivity index is 1.68. The maximum absolute atomic E-state index is 3.46. The molecule has 1 aliphatic rings. The smallest absolute Gasteiger partial charge is 0.0432 e. The largest absolute Gasteiger partial charge is 0.367 e. The fraction of sp³-hybridized carbons (Fsp3) is 0.368. The Hall–Kier alpha value is -1.80. The molecule has 0 bridgehead atoms. The number of fused-ring (bicyclic) bond motifs is 1. The molecular formula is C19H24N2. The molecule has 2 heteroatoms. The number of rotatable bonds is 4. The van der Waals surface area contributed by atoms with Crippen LogP contribution in [0.3, 0.4) is 0 Å². The van der Waals surface area contributed by atoms with Crippen LogP contribution in [0.5, 0.6) is 0 Å². The highest BCUT2D eigenvalue weighted by Crippen LogP contribution is 2.24. The summed E-state index contributed by atoms with van der Waals surface area (Å²) < 4.78 is 0. The molecule has 0 spiro atoms. The molecule has 0 saturated heterocycles. The molecule has 21 heavy (non-hydrogen) atoms. The number of anilines is 1. The third-order valence-corrected chi connectivity index (χ3v) is 4.15. The molecule has 0 atom stereocenters. The second-order valence-corrected chi connectivity index (χ2v) is 6.14. The average Bonchev–Trinajstić information content (AvgIpc) is 2.53. The van der Waals surface area contributed by atoms with Gasteiger partial charge >= 0.3 is 0 Å². The number of hydrogen-bond acceptors (Lipinski definition) is 2. The maximum atomic E-state index is 3.46. The van der Waals surface area contributed by atoms with Gasteiger partial charge in [-0.1, -0.05) is 50.2 Å². The van der Waals surface area contributed by atoms with Gasteiger partial charge in [-0.05, 0) is 35.2 Å². The normalized spacial score (nSPS) is 14.3. The first kappa shape index (κ1) is 14.2. The van der Waals surface area contributed by atoms with Gasteiger partial charge in [-0.3, -0.25) is 0 Å². The van der Waals surface area contributed by atoms with Crippen molar-refractivity contribution in [3.8, 4) is 0 Å². The van der Waals surface area contributed by atoms with E-state index in [1.54, 1.807) is 0 Å². The van der Waals surface area contributed by atoms with Crippen molar-refractivity contribution in [1.29, 1.82) is 0 Å². The van der Waals surface area contributed by atoms with Crippen LogP contribution in [0.2, 0.25) is 0 Å². The van der Waals surface area contributed by atoms with Crippen molar-refractivity contribution in [2.45, 2.75) is 39.4 Å². The van der Waals surface area contributed by atoms with Crippen LogP contribution >= 0.6 is 0 Å². The van der Waals surface area contributed by atoms with E-state index in [9.17, 15) is 0 Å². The molecule has 0 radical (unpaired) electrons. The predicted octanol–water partition coefficient (Wildman–Crippen LogP) is 3.75. The fourth-order valence-corrected chi connectivity index (χ4v) is 2.86. The summed E-state index contributed by atoms with van der Waals surface area (Å²) in [5.74, 6) is 0. The highest BCUT2D eigenvalue weighted by atomic mass is 15.1. The molecule has 0 unspecified atom stereocenters. The van der Waals surface area contributed by atoms with E-state index in [1.807, 2.05) is 0 Å². The van der Waals surface area contributed by atoms with E-state index in [2.05, 4.69) is 72.6 Å². The van der Waals surface area contributed by atoms with Crippen molar-refractivity contribution in [2.75, 3.05) is 11.4 Å². The van der Waals surface area contributed by atoms with Gasteiger partial charge in [0.2, 0.25) is 0 Å². The summed E-state index contributed by atoms with van der Waals surface area (Å²) in [6, 6.07) is 18.3. The van der Waals surface area contributed by atoms with Crippen LogP contribution in [0, 0.1) is 0 Å². The maximum Gasteiger partial charge on any atom is 0.0432 e. The molecule has 3 rings (SSSR count). The second kappa shape index (κ2) is 6.31. The van der Waals surface area contributed by atoms with Gasteiger partial charge in [0.05, 0.1) is 0 Å². The highest BCUT2D eigenvalue weighted by Gasteiger charge is 2.15. The van der Waals surface area contributed by atoms with Gasteiger partial charge in [0.1, 0.15) is 0 Å². The quantitative estimate of drug-likeness (QED) is 0.917. The van der Waals surface area contributed by atoms with E-state index in [1.165, 1.54) is 22.4 Å². The van der Waals surface area contributed by atoms with E-state index in [0.29, 0.717) is 6.04 Å². The molecule has 0 fully saturated rings. The molecule has 1 N–H and O–H groups in total. The first-order valence-electron chi connectivity index (χ1n) is 7.86. The summed E-state index contributed by atoms with van der Waals surface area (Å²) in [5, 5.41) is 3.46. The number of nitrogens with one attached hydrogen (secondary N) is 1. The van der Waals surface area contributed by atoms with Gasteiger partial charge < -0.3 is 10.2 Å². The SMILES string of the molecule is CC(C)NCc1ccc(N2CCc3ccccc3C2)cc1. The van der Waals surface area contributed by atoms with E-state index >= 15 is 0 Å². The Labute approximate surface area is 127 Å². The molecule has 2 nitrogen and oxygen atoms in total. The van der Waals surface area contributed by atoms with E-state index in [4.69, 9.17) is 0 Å². The lowest BCUT2D eigenvalue weighted by Gasteiger charge is -2.30. The van der Waals surface area contributed by atoms with E-state index in [-0.39, 0.29) is 0 Å². The lowest BCUT2D eigenvalue weighted by molar-refractivity contribution is 0.589. The molecule has 0 aromatic heterocycles. The standard InChI is InChI=1S/C19H24N2/c1-15(2)20-13-16-7-9-19(10-8-16)21-12-11-17-5-3-4-6-18(17)14-21/h3-10,15,20H,11-14H2,1-2H3. The summed E-state index contributed by atoms with van der Waals surface area (Å²) in [7, 11) is 0. The van der Waals surface area contributed by atoms with Gasteiger partial charge in [0, 0.05) is 31.4 Å². The van der Waals surface area contributed by atoms with Crippen LogP contribution in [0.15, 0.2) is 48.5 Å². The first-order chi connectivity index (χ1) is 10.2. The Morgan fingerprint density at radius 1 is 1.00 bits per heavy atom. The summed E-state index contributed by atoms with van der Waals surface area (Å²) in [5.41, 5.74) is 5.66. The van der Waals surface area contributed by atoms with E-state index < -0.39 is 0 Å². The van der Waals surface area contributed by atoms with Gasteiger partial charge in [-0.2, -0.15) is 0 Å². The van der Waals surface area contributed by atoms with Crippen molar-refractivity contribution in [3.63, 3.8) is 0 Å². The predicted molar refractivity (Wildman–Crippen MR) is 89.6 cm³/mol. The minimum absolute atomic E-state index is 0.531. The van der Waals surface area contributed by atoms with Crippen LogP contribution in [0.25, 0.3) is 0 Å². The third kappa shape index (κ3) is 3.45. The van der Waals surface area contributed by atoms with Crippen LogP contribution in [0.4, 0.5) is 5.69 Å². The molecule has 0 amide bonds. The molecule has 2 aromatic carbocycles. The van der Waals surface area contributed by atoms with Crippen LogP contribution in [0.1, 0.15) is 30.5 Å². The molecule has 0 aliphatic carbocycles. The summed E-state index contributed by atoms with van der Waals surface area (Å²) in [6.07, 6.45) is 1.15. The second-order valence-electron chi connectivity index (χ2n) is 6.14. The third-order valence-electron chi connectivity index (χ3n) is 4.15. The highest BCUT2D eigenvalue weighted by molar-refractivity contribution is 5.50. The molecule has 110 valence electrons. The zero-order valence-corrected chi connectivity index (χ0v) is 13.0. The lowest BCUT2D eigenvalue weighted by atomic mass is 9.99. The molecule has 1 aliphatic heterocycles. The minimum atomic E-state index is 0.531. The number of benzene rings is 2. The topological polar surface area (TPSA) is 15.3 Å². The number of hydrogen-bond donors (Lipinski definition) is 1. The summed E-state index contributed by atoms with van der Waals surface area (Å²) >= 11 is 0. The zero-order chi connectivity index (χ0) is 14.7. The van der Waals surface area contributed by atoms with Crippen LogP contribution in [-0.4, -0.2) is 12.6 Å². The van der Waals surface area contributed by atoms with E-state index in [0.717, 1.165) is 26.1 Å². The monoisotopic (exact) mass is 280 g/mol. The first-order valence-corrected chi connectivity index (χ1v) is 7.86. The minimum Gasteiger partial charge on any atom is -0.367 e. The van der Waals surface area contributed by atoms with Gasteiger partial charge in [-0.25, -0.2) is 0 Å². The molecule has 2 aromatic rings. The Morgan fingerprint density at radius 2 is 1.71 bits per heavy atom. The van der Waals surface area contributed by atoms with Crippen molar-refractivity contribution in [3.05, 3.63) is 65.2 Å². The Bertz CT molecular complexity index is 587. The average molecular weight is 280 g/mol. The Kier molecular flexibility index (Phi) is 4.26. The Morgan fingerprint density at radius 3 is 2.43 bits per heavy atom. The van der Waals surface area contributed by atoms with Gasteiger partial charge in [0.15, 0.2) is 0 Å². The van der Waals surface area contributed by atoms with Gasteiger partial charge in [0.25, 0.3) is 0 Å². The van der Waals surface area contributed by atoms with Crippen molar-refractivity contribution in [1.82, 2.24) is 5.32 Å². The molecular weight excluding hydrogens is 256 g/mol.